The third-order valence-corrected chi connectivity index (χ3v) is 0. The van der Waals surface area contributed by atoms with Crippen LogP contribution in [-0.2, 0) is 4.57 Å². The van der Waals surface area contributed by atoms with Gasteiger partial charge in [0.1, 0.15) is 0 Å². The van der Waals surface area contributed by atoms with Crippen LogP contribution in [0.15, 0.2) is 0 Å². The van der Waals surface area contributed by atoms with Crippen LogP contribution in [0.3, 0.4) is 0 Å². The summed E-state index contributed by atoms with van der Waals surface area (Å²) in [5, 5.41) is 0. The smallest absolute Gasteiger partial charge is 0.276 e. The van der Waals surface area contributed by atoms with E-state index in [-0.39, 0.29) is 12.4 Å². The molecule has 0 spiro atoms. The van der Waals surface area contributed by atoms with E-state index in [0.29, 0.717) is 0 Å². The van der Waals surface area contributed by atoms with Crippen molar-refractivity contribution < 1.29 is 9.46 Å². The summed E-state index contributed by atoms with van der Waals surface area (Å²) in [5.74, 6) is 0. The Hall–Kier alpha value is 0.770. The van der Waals surface area contributed by atoms with Gasteiger partial charge in [-0.05, 0) is 11.2 Å². The first-order chi connectivity index (χ1) is 1.73. The Bertz CT molecular complexity index is 30.6. The second kappa shape index (κ2) is 4.77. The lowest BCUT2D eigenvalue weighted by molar-refractivity contribution is 0.518. The van der Waals surface area contributed by atoms with Gasteiger partial charge in [-0.25, -0.2) is 0 Å². The lowest BCUT2D eigenvalue weighted by atomic mass is 15.9. The lowest BCUT2D eigenvalue weighted by Crippen LogP contribution is -1.21. The van der Waals surface area contributed by atoms with Gasteiger partial charge in [0.2, 0.25) is 0 Å². The minimum atomic E-state index is -2.66. The minimum Gasteiger partial charge on any atom is -0.335 e. The number of hydrogen-bond donors (Lipinski definition) is 1. The number of hydrogen-bond acceptors (Lipinski definition) is 1. The van der Waals surface area contributed by atoms with Crippen molar-refractivity contribution in [3.8, 4) is 0 Å². The van der Waals surface area contributed by atoms with Crippen molar-refractivity contribution in [2.24, 2.45) is 0 Å². The highest BCUT2D eigenvalue weighted by molar-refractivity contribution is 7.68. The molecule has 0 aliphatic carbocycles. The van der Waals surface area contributed by atoms with Crippen molar-refractivity contribution in [1.29, 1.82) is 0 Å². The third kappa shape index (κ3) is 61.7. The van der Waals surface area contributed by atoms with Crippen LogP contribution < -0.4 is 0 Å². The van der Waals surface area contributed by atoms with Gasteiger partial charge in [-0.1, -0.05) is 0 Å². The molecule has 0 aromatic rings. The molecule has 1 atom stereocenters. The summed E-state index contributed by atoms with van der Waals surface area (Å²) in [7, 11) is -2.66. The highest BCUT2D eigenvalue weighted by atomic mass is 35.7. The zero-order chi connectivity index (χ0) is 3.58. The van der Waals surface area contributed by atoms with E-state index in [0.717, 1.165) is 0 Å². The average molecular weight is 137 g/mol. The first-order valence-corrected chi connectivity index (χ1v) is 2.98. The molecule has 0 saturated heterocycles. The quantitative estimate of drug-likeness (QED) is 0.506. The fourth-order valence-corrected chi connectivity index (χ4v) is 0. The molecule has 34 valence electrons. The molecule has 0 bridgehead atoms. The topological polar surface area (TPSA) is 37.3 Å². The summed E-state index contributed by atoms with van der Waals surface area (Å²) in [6, 6.07) is 0. The summed E-state index contributed by atoms with van der Waals surface area (Å²) in [6.45, 7) is 0. The summed E-state index contributed by atoms with van der Waals surface area (Å²) in [6.07, 6.45) is 0. The molecule has 0 saturated carbocycles. The van der Waals surface area contributed by atoms with Crippen LogP contribution >= 0.6 is 31.0 Å². The van der Waals surface area contributed by atoms with Gasteiger partial charge in [-0.15, -0.1) is 12.4 Å². The SMILES string of the molecule is Cl.O=[PH](O)Cl. The molecule has 1 N–H and O–H groups in total. The molecular weight excluding hydrogens is 134 g/mol. The van der Waals surface area contributed by atoms with Gasteiger partial charge in [0.25, 0.3) is 7.38 Å². The molecule has 0 aromatic carbocycles. The van der Waals surface area contributed by atoms with Crippen LogP contribution in [0.1, 0.15) is 0 Å². The van der Waals surface area contributed by atoms with Gasteiger partial charge >= 0.3 is 0 Å². The van der Waals surface area contributed by atoms with Crippen LogP contribution in [-0.4, -0.2) is 4.89 Å². The van der Waals surface area contributed by atoms with Crippen molar-refractivity contribution in [2.45, 2.75) is 0 Å². The highest BCUT2D eigenvalue weighted by Crippen LogP contribution is 2.17. The Morgan fingerprint density at radius 2 is 1.80 bits per heavy atom. The maximum atomic E-state index is 8.95. The number of rotatable bonds is 0. The molecule has 0 aliphatic rings. The van der Waals surface area contributed by atoms with Crippen LogP contribution in [0.5, 0.6) is 0 Å². The van der Waals surface area contributed by atoms with E-state index in [4.69, 9.17) is 9.46 Å². The van der Waals surface area contributed by atoms with Gasteiger partial charge in [-0.2, -0.15) is 0 Å². The van der Waals surface area contributed by atoms with Crippen molar-refractivity contribution in [3.63, 3.8) is 0 Å². The Labute approximate surface area is 41.2 Å². The van der Waals surface area contributed by atoms with Crippen molar-refractivity contribution >= 4 is 31.0 Å². The van der Waals surface area contributed by atoms with E-state index >= 15 is 0 Å². The van der Waals surface area contributed by atoms with Gasteiger partial charge < -0.3 is 4.89 Å². The van der Waals surface area contributed by atoms with E-state index in [2.05, 4.69) is 11.2 Å². The molecule has 0 rings (SSSR count). The molecule has 0 aromatic heterocycles. The van der Waals surface area contributed by atoms with Crippen LogP contribution in [0.4, 0.5) is 0 Å². The normalized spacial score (nSPS) is 12.4. The van der Waals surface area contributed by atoms with Gasteiger partial charge in [0.15, 0.2) is 0 Å². The molecule has 2 nitrogen and oxygen atoms in total. The summed E-state index contributed by atoms with van der Waals surface area (Å²) >= 11 is 4.38. The molecule has 0 aliphatic heterocycles. The predicted molar refractivity (Wildman–Crippen MR) is 24.3 cm³/mol. The molecule has 1 unspecified atom stereocenters. The monoisotopic (exact) mass is 136 g/mol. The second-order valence-corrected chi connectivity index (χ2v) is 1.73. The number of halogens is 2. The first-order valence-electron chi connectivity index (χ1n) is 0.617. The Balaban J connectivity index is 0. The Kier molecular flexibility index (Phi) is 8.81. The molecule has 0 radical (unpaired) electrons. The first kappa shape index (κ1) is 9.24. The van der Waals surface area contributed by atoms with Crippen molar-refractivity contribution in [1.82, 2.24) is 0 Å². The van der Waals surface area contributed by atoms with Gasteiger partial charge in [-0.3, -0.25) is 4.57 Å². The molecule has 5 heteroatoms. The Morgan fingerprint density at radius 1 is 1.80 bits per heavy atom. The largest absolute Gasteiger partial charge is 0.335 e. The van der Waals surface area contributed by atoms with Crippen molar-refractivity contribution in [3.05, 3.63) is 0 Å². The van der Waals surface area contributed by atoms with E-state index in [1.807, 2.05) is 0 Å². The predicted octanol–water partition coefficient (Wildman–Crippen LogP) is 1.03. The van der Waals surface area contributed by atoms with Crippen LogP contribution in [0.2, 0.25) is 0 Å². The van der Waals surface area contributed by atoms with Crippen LogP contribution in [0, 0.1) is 0 Å². The standard InChI is InChI=1S/ClH2O2P.ClH/c1-4(2)3;/h4H,(H,2,3);1H. The zero-order valence-corrected chi connectivity index (χ0v) is 4.71. The molecule has 0 fully saturated rings. The van der Waals surface area contributed by atoms with Gasteiger partial charge in [0.05, 0.1) is 0 Å². The van der Waals surface area contributed by atoms with E-state index in [1.165, 1.54) is 0 Å². The maximum Gasteiger partial charge on any atom is 0.276 e. The van der Waals surface area contributed by atoms with Crippen LogP contribution in [0.25, 0.3) is 0 Å². The fourth-order valence-electron chi connectivity index (χ4n) is 0. The van der Waals surface area contributed by atoms with E-state index < -0.39 is 7.38 Å². The third-order valence-electron chi connectivity index (χ3n) is 0. The van der Waals surface area contributed by atoms with Gasteiger partial charge in [0, 0.05) is 0 Å². The summed E-state index contributed by atoms with van der Waals surface area (Å²) < 4.78 is 8.95. The highest BCUT2D eigenvalue weighted by Gasteiger charge is 1.64. The summed E-state index contributed by atoms with van der Waals surface area (Å²) in [4.78, 5) is 7.37. The average Bonchev–Trinajstić information content (AvgIpc) is 0.811. The maximum absolute atomic E-state index is 8.95. The molecular formula is H3Cl2O2P. The fraction of sp³-hybridized carbons (Fsp3) is 0. The van der Waals surface area contributed by atoms with E-state index in [1.54, 1.807) is 0 Å². The lowest BCUT2D eigenvalue weighted by Gasteiger charge is -1.57. The molecule has 0 heterocycles. The zero-order valence-electron chi connectivity index (χ0n) is 2.14. The Morgan fingerprint density at radius 3 is 1.80 bits per heavy atom. The minimum absolute atomic E-state index is 0. The molecule has 5 heavy (non-hydrogen) atoms. The van der Waals surface area contributed by atoms with E-state index in [9.17, 15) is 0 Å². The molecule has 0 amide bonds. The summed E-state index contributed by atoms with van der Waals surface area (Å²) in [5.41, 5.74) is 0. The second-order valence-electron chi connectivity index (χ2n) is 0.253. The van der Waals surface area contributed by atoms with Crippen molar-refractivity contribution in [2.75, 3.05) is 0 Å².